The summed E-state index contributed by atoms with van der Waals surface area (Å²) < 4.78 is 1.40. The molecule has 1 aliphatic carbocycles. The molecule has 0 saturated heterocycles. The zero-order valence-corrected chi connectivity index (χ0v) is 16.1. The van der Waals surface area contributed by atoms with E-state index in [-0.39, 0.29) is 17.3 Å². The van der Waals surface area contributed by atoms with Crippen LogP contribution in [0.15, 0.2) is 48.5 Å². The maximum atomic E-state index is 12.7. The average molecular weight is 376 g/mol. The lowest BCUT2D eigenvalue weighted by Crippen LogP contribution is -2.33. The molecule has 0 fully saturated rings. The van der Waals surface area contributed by atoms with Crippen LogP contribution in [-0.4, -0.2) is 32.7 Å². The van der Waals surface area contributed by atoms with Crippen molar-refractivity contribution in [2.24, 2.45) is 0 Å². The van der Waals surface area contributed by atoms with Crippen LogP contribution in [0, 0.1) is 0 Å². The Labute approximate surface area is 163 Å². The van der Waals surface area contributed by atoms with Gasteiger partial charge in [0.25, 0.3) is 5.91 Å². The third kappa shape index (κ3) is 3.35. The highest BCUT2D eigenvalue weighted by atomic mass is 16.1. The zero-order chi connectivity index (χ0) is 19.7. The monoisotopic (exact) mass is 376 g/mol. The van der Waals surface area contributed by atoms with Crippen molar-refractivity contribution in [1.82, 2.24) is 25.5 Å². The van der Waals surface area contributed by atoms with Gasteiger partial charge in [-0.3, -0.25) is 4.79 Å². The van der Waals surface area contributed by atoms with Crippen LogP contribution >= 0.6 is 0 Å². The van der Waals surface area contributed by atoms with Gasteiger partial charge in [0.15, 0.2) is 0 Å². The molecule has 1 aliphatic rings. The van der Waals surface area contributed by atoms with E-state index >= 15 is 0 Å². The summed E-state index contributed by atoms with van der Waals surface area (Å²) in [5.74, 6) is 0.390. The number of hydrogen-bond donors (Lipinski definition) is 2. The molecule has 144 valence electrons. The van der Waals surface area contributed by atoms with Crippen molar-refractivity contribution in [2.45, 2.75) is 38.0 Å². The molecule has 1 heterocycles. The molecule has 3 N–H and O–H groups in total. The number of nitrogens with one attached hydrogen (secondary N) is 1. The molecule has 2 aromatic carbocycles. The molecule has 7 heteroatoms. The van der Waals surface area contributed by atoms with Crippen LogP contribution in [0.1, 0.15) is 54.1 Å². The largest absolute Gasteiger partial charge is 0.366 e. The Morgan fingerprint density at radius 1 is 1.25 bits per heavy atom. The topological polar surface area (TPSA) is 98.7 Å². The summed E-state index contributed by atoms with van der Waals surface area (Å²) in [5.41, 5.74) is 9.86. The standard InChI is InChI=1S/C21H24N6O/c1-21(2)11-10-15(17-8-3-4-9-18(17)21)13-23-19(28)14-6-5-7-16(12-14)27-20(22)24-25-26-27/h3-9,12,15H,10-11,13H2,1-2H3,(H,23,28)(H2,22,24,26). The van der Waals surface area contributed by atoms with E-state index in [0.29, 0.717) is 23.7 Å². The third-order valence-corrected chi connectivity index (χ3v) is 5.60. The Bertz CT molecular complexity index is 1010. The number of nitrogens with zero attached hydrogens (tertiary/aromatic N) is 4. The molecule has 1 unspecified atom stereocenters. The van der Waals surface area contributed by atoms with E-state index in [0.717, 1.165) is 12.8 Å². The number of hydrogen-bond acceptors (Lipinski definition) is 5. The van der Waals surface area contributed by atoms with Gasteiger partial charge < -0.3 is 11.1 Å². The van der Waals surface area contributed by atoms with E-state index in [1.165, 1.54) is 15.8 Å². The number of amides is 1. The van der Waals surface area contributed by atoms with Gasteiger partial charge in [0.1, 0.15) is 0 Å². The van der Waals surface area contributed by atoms with Crippen molar-refractivity contribution in [3.05, 3.63) is 65.2 Å². The molecule has 0 aliphatic heterocycles. The van der Waals surface area contributed by atoms with E-state index in [4.69, 9.17) is 5.73 Å². The predicted molar refractivity (Wildman–Crippen MR) is 107 cm³/mol. The summed E-state index contributed by atoms with van der Waals surface area (Å²) in [6.07, 6.45) is 2.17. The van der Waals surface area contributed by atoms with Crippen molar-refractivity contribution in [2.75, 3.05) is 12.3 Å². The van der Waals surface area contributed by atoms with Gasteiger partial charge in [0.05, 0.1) is 5.69 Å². The fourth-order valence-electron chi connectivity index (χ4n) is 3.98. The second-order valence-electron chi connectivity index (χ2n) is 7.92. The smallest absolute Gasteiger partial charge is 0.251 e. The van der Waals surface area contributed by atoms with E-state index in [1.54, 1.807) is 18.2 Å². The molecule has 1 amide bonds. The van der Waals surface area contributed by atoms with Crippen molar-refractivity contribution in [1.29, 1.82) is 0 Å². The van der Waals surface area contributed by atoms with Crippen LogP contribution in [0.2, 0.25) is 0 Å². The highest BCUT2D eigenvalue weighted by Crippen LogP contribution is 2.42. The molecule has 0 spiro atoms. The molecule has 7 nitrogen and oxygen atoms in total. The summed E-state index contributed by atoms with van der Waals surface area (Å²) >= 11 is 0. The van der Waals surface area contributed by atoms with Crippen LogP contribution in [0.4, 0.5) is 5.95 Å². The maximum absolute atomic E-state index is 12.7. The lowest BCUT2D eigenvalue weighted by molar-refractivity contribution is 0.0949. The number of aromatic nitrogens is 4. The number of carbonyl (C=O) groups excluding carboxylic acids is 1. The fraction of sp³-hybridized carbons (Fsp3) is 0.333. The quantitative estimate of drug-likeness (QED) is 0.729. The van der Waals surface area contributed by atoms with Gasteiger partial charge in [0, 0.05) is 18.0 Å². The van der Waals surface area contributed by atoms with Gasteiger partial charge in [-0.15, -0.1) is 0 Å². The number of benzene rings is 2. The molecule has 1 aromatic heterocycles. The Kier molecular flexibility index (Phi) is 4.58. The average Bonchev–Trinajstić information content (AvgIpc) is 3.13. The fourth-order valence-corrected chi connectivity index (χ4v) is 3.98. The summed E-state index contributed by atoms with van der Waals surface area (Å²) in [5, 5.41) is 14.2. The van der Waals surface area contributed by atoms with Crippen LogP contribution < -0.4 is 11.1 Å². The highest BCUT2D eigenvalue weighted by Gasteiger charge is 2.32. The number of rotatable bonds is 4. The van der Waals surface area contributed by atoms with Crippen LogP contribution in [0.5, 0.6) is 0 Å². The van der Waals surface area contributed by atoms with Crippen molar-refractivity contribution >= 4 is 11.9 Å². The summed E-state index contributed by atoms with van der Waals surface area (Å²) in [6, 6.07) is 15.7. The third-order valence-electron chi connectivity index (χ3n) is 5.60. The van der Waals surface area contributed by atoms with E-state index in [9.17, 15) is 4.79 Å². The number of anilines is 1. The first-order chi connectivity index (χ1) is 13.5. The SMILES string of the molecule is CC1(C)CCC(CNC(=O)c2cccc(-n3nnnc3N)c2)c2ccccc21. The van der Waals surface area contributed by atoms with E-state index in [1.807, 2.05) is 6.07 Å². The molecular weight excluding hydrogens is 352 g/mol. The van der Waals surface area contributed by atoms with Crippen molar-refractivity contribution in [3.63, 3.8) is 0 Å². The summed E-state index contributed by atoms with van der Waals surface area (Å²) in [4.78, 5) is 12.7. The van der Waals surface area contributed by atoms with Gasteiger partial charge in [-0.25, -0.2) is 0 Å². The minimum Gasteiger partial charge on any atom is -0.366 e. The lowest BCUT2D eigenvalue weighted by Gasteiger charge is -2.37. The Morgan fingerprint density at radius 2 is 2.07 bits per heavy atom. The molecule has 1 atom stereocenters. The minimum absolute atomic E-state index is 0.115. The van der Waals surface area contributed by atoms with Crippen LogP contribution in [0.25, 0.3) is 5.69 Å². The number of nitrogen functional groups attached to an aromatic ring is 1. The van der Waals surface area contributed by atoms with Gasteiger partial charge in [-0.2, -0.15) is 4.68 Å². The van der Waals surface area contributed by atoms with Gasteiger partial charge in [-0.1, -0.05) is 49.3 Å². The van der Waals surface area contributed by atoms with Crippen LogP contribution in [0.3, 0.4) is 0 Å². The van der Waals surface area contributed by atoms with Crippen LogP contribution in [-0.2, 0) is 5.41 Å². The Hall–Kier alpha value is -3.22. The Balaban J connectivity index is 1.49. The lowest BCUT2D eigenvalue weighted by atomic mass is 9.69. The molecule has 28 heavy (non-hydrogen) atoms. The number of tetrazole rings is 1. The summed E-state index contributed by atoms with van der Waals surface area (Å²) in [7, 11) is 0. The van der Waals surface area contributed by atoms with E-state index in [2.05, 4.69) is 59.0 Å². The molecule has 0 radical (unpaired) electrons. The highest BCUT2D eigenvalue weighted by molar-refractivity contribution is 5.94. The van der Waals surface area contributed by atoms with Crippen molar-refractivity contribution < 1.29 is 4.79 Å². The second kappa shape index (κ2) is 7.07. The normalized spacial score (nSPS) is 17.7. The predicted octanol–water partition coefficient (Wildman–Crippen LogP) is 2.83. The number of fused-ring (bicyclic) bond motifs is 1. The van der Waals surface area contributed by atoms with Gasteiger partial charge >= 0.3 is 0 Å². The van der Waals surface area contributed by atoms with Gasteiger partial charge in [-0.05, 0) is 58.0 Å². The maximum Gasteiger partial charge on any atom is 0.251 e. The number of carbonyl (C=O) groups is 1. The molecule has 0 bridgehead atoms. The number of nitrogens with two attached hydrogens (primary N) is 1. The first-order valence-corrected chi connectivity index (χ1v) is 9.47. The van der Waals surface area contributed by atoms with E-state index < -0.39 is 0 Å². The zero-order valence-electron chi connectivity index (χ0n) is 16.1. The van der Waals surface area contributed by atoms with Gasteiger partial charge in [0.2, 0.25) is 5.95 Å². The first kappa shape index (κ1) is 18.2. The molecular formula is C21H24N6O. The molecule has 4 rings (SSSR count). The summed E-state index contributed by atoms with van der Waals surface area (Å²) in [6.45, 7) is 5.19. The minimum atomic E-state index is -0.115. The second-order valence-corrected chi connectivity index (χ2v) is 7.92. The molecule has 3 aromatic rings. The Morgan fingerprint density at radius 3 is 2.86 bits per heavy atom. The van der Waals surface area contributed by atoms with Crippen molar-refractivity contribution in [3.8, 4) is 5.69 Å². The molecule has 0 saturated carbocycles. The first-order valence-electron chi connectivity index (χ1n) is 9.47.